The molecule has 3 unspecified atom stereocenters. The second kappa shape index (κ2) is 8.96. The molecule has 2 heterocycles. The molecule has 1 saturated heterocycles. The third kappa shape index (κ3) is 4.45. The summed E-state index contributed by atoms with van der Waals surface area (Å²) in [6.07, 6.45) is 2.33. The Labute approximate surface area is 183 Å². The van der Waals surface area contributed by atoms with Gasteiger partial charge in [0.1, 0.15) is 18.2 Å². The minimum Gasteiger partial charge on any atom is -0.477 e. The predicted molar refractivity (Wildman–Crippen MR) is 108 cm³/mol. The van der Waals surface area contributed by atoms with Crippen molar-refractivity contribution in [1.82, 2.24) is 5.32 Å². The van der Waals surface area contributed by atoms with E-state index in [-0.39, 0.29) is 29.0 Å². The SMILES string of the molecule is CC(Oc1cc(C2CCCC3=C2C(=O)NC3=O)c(F)cc1Cl)C(=O)OCC1CCCO1. The highest BCUT2D eigenvalue weighted by atomic mass is 35.5. The number of ether oxygens (including phenoxy) is 3. The molecule has 0 aromatic heterocycles. The zero-order valence-electron chi connectivity index (χ0n) is 17.0. The fourth-order valence-electron chi connectivity index (χ4n) is 4.27. The summed E-state index contributed by atoms with van der Waals surface area (Å²) in [6, 6.07) is 2.50. The molecule has 0 radical (unpaired) electrons. The highest BCUT2D eigenvalue weighted by molar-refractivity contribution is 6.32. The van der Waals surface area contributed by atoms with E-state index in [4.69, 9.17) is 25.8 Å². The van der Waals surface area contributed by atoms with Gasteiger partial charge in [0.05, 0.1) is 11.1 Å². The van der Waals surface area contributed by atoms with E-state index in [0.29, 0.717) is 37.0 Å². The third-order valence-corrected chi connectivity index (χ3v) is 6.13. The average Bonchev–Trinajstić information content (AvgIpc) is 3.36. The minimum absolute atomic E-state index is 0.00279. The van der Waals surface area contributed by atoms with Gasteiger partial charge in [0.25, 0.3) is 11.8 Å². The Morgan fingerprint density at radius 2 is 2.10 bits per heavy atom. The Kier molecular flexibility index (Phi) is 6.29. The minimum atomic E-state index is -0.977. The molecule has 1 aromatic rings. The number of carbonyl (C=O) groups excluding carboxylic acids is 3. The summed E-state index contributed by atoms with van der Waals surface area (Å²) in [4.78, 5) is 36.5. The fourth-order valence-corrected chi connectivity index (χ4v) is 4.46. The summed E-state index contributed by atoms with van der Waals surface area (Å²) >= 11 is 6.15. The smallest absolute Gasteiger partial charge is 0.347 e. The maximum absolute atomic E-state index is 14.8. The normalized spacial score (nSPS) is 24.1. The molecule has 4 rings (SSSR count). The maximum atomic E-state index is 14.8. The molecule has 3 aliphatic rings. The number of hydrogen-bond acceptors (Lipinski definition) is 6. The number of carbonyl (C=O) groups is 3. The molecule has 1 aliphatic carbocycles. The number of halogens is 2. The zero-order chi connectivity index (χ0) is 22.1. The van der Waals surface area contributed by atoms with Gasteiger partial charge in [-0.05, 0) is 56.7 Å². The molecule has 9 heteroatoms. The number of esters is 1. The van der Waals surface area contributed by atoms with E-state index in [1.807, 2.05) is 0 Å². The number of hydrogen-bond donors (Lipinski definition) is 1. The lowest BCUT2D eigenvalue weighted by Crippen LogP contribution is -2.29. The fraction of sp³-hybridized carbons (Fsp3) is 0.500. The number of rotatable bonds is 6. The second-order valence-electron chi connectivity index (χ2n) is 7.95. The van der Waals surface area contributed by atoms with E-state index >= 15 is 0 Å². The van der Waals surface area contributed by atoms with Crippen molar-refractivity contribution in [2.45, 2.75) is 57.2 Å². The first kappa shape index (κ1) is 21.8. The highest BCUT2D eigenvalue weighted by Crippen LogP contribution is 2.43. The molecule has 2 aliphatic heterocycles. The second-order valence-corrected chi connectivity index (χ2v) is 8.36. The average molecular weight is 452 g/mol. The van der Waals surface area contributed by atoms with Gasteiger partial charge in [0.15, 0.2) is 6.10 Å². The van der Waals surface area contributed by atoms with Gasteiger partial charge in [-0.1, -0.05) is 11.6 Å². The standard InChI is InChI=1S/C22H23ClFNO6/c1-11(22(28)30-10-12-4-3-7-29-12)31-18-8-15(17(24)9-16(18)23)13-5-2-6-14-19(13)21(27)25-20(14)26/h8-9,11-13H,2-7,10H2,1H3,(H,25,26,27). The molecule has 7 nitrogen and oxygen atoms in total. The summed E-state index contributed by atoms with van der Waals surface area (Å²) in [5.41, 5.74) is 0.910. The summed E-state index contributed by atoms with van der Waals surface area (Å²) in [5, 5.41) is 2.28. The Morgan fingerprint density at radius 3 is 2.84 bits per heavy atom. The van der Waals surface area contributed by atoms with E-state index in [1.165, 1.54) is 13.0 Å². The Hall–Kier alpha value is -2.45. The largest absolute Gasteiger partial charge is 0.477 e. The first-order valence-corrected chi connectivity index (χ1v) is 10.8. The lowest BCUT2D eigenvalue weighted by atomic mass is 9.79. The van der Waals surface area contributed by atoms with Crippen LogP contribution in [0.3, 0.4) is 0 Å². The summed E-state index contributed by atoms with van der Waals surface area (Å²) in [7, 11) is 0. The van der Waals surface area contributed by atoms with Crippen LogP contribution < -0.4 is 10.1 Å². The lowest BCUT2D eigenvalue weighted by molar-refractivity contribution is -0.154. The van der Waals surface area contributed by atoms with Crippen molar-refractivity contribution in [1.29, 1.82) is 0 Å². The van der Waals surface area contributed by atoms with Crippen LogP contribution in [0.1, 0.15) is 50.5 Å². The quantitative estimate of drug-likeness (QED) is 0.527. The number of benzene rings is 1. The van der Waals surface area contributed by atoms with Crippen LogP contribution in [0.15, 0.2) is 23.3 Å². The van der Waals surface area contributed by atoms with Gasteiger partial charge in [-0.3, -0.25) is 14.9 Å². The van der Waals surface area contributed by atoms with Gasteiger partial charge in [-0.15, -0.1) is 0 Å². The van der Waals surface area contributed by atoms with E-state index in [0.717, 1.165) is 18.9 Å². The maximum Gasteiger partial charge on any atom is 0.347 e. The molecule has 166 valence electrons. The van der Waals surface area contributed by atoms with Crippen molar-refractivity contribution in [2.75, 3.05) is 13.2 Å². The molecule has 0 bridgehead atoms. The molecule has 1 aromatic carbocycles. The number of imide groups is 1. The first-order chi connectivity index (χ1) is 14.8. The summed E-state index contributed by atoms with van der Waals surface area (Å²) in [5.74, 6) is -2.57. The monoisotopic (exact) mass is 451 g/mol. The van der Waals surface area contributed by atoms with Gasteiger partial charge < -0.3 is 14.2 Å². The van der Waals surface area contributed by atoms with Crippen LogP contribution in [0.4, 0.5) is 4.39 Å². The molecule has 1 N–H and O–H groups in total. The van der Waals surface area contributed by atoms with Crippen molar-refractivity contribution in [2.24, 2.45) is 0 Å². The van der Waals surface area contributed by atoms with Crippen LogP contribution in [0.5, 0.6) is 5.75 Å². The number of nitrogens with one attached hydrogen (secondary N) is 1. The third-order valence-electron chi connectivity index (χ3n) is 5.84. The molecule has 1 fully saturated rings. The van der Waals surface area contributed by atoms with E-state index < -0.39 is 35.6 Å². The van der Waals surface area contributed by atoms with Crippen LogP contribution in [-0.2, 0) is 23.9 Å². The van der Waals surface area contributed by atoms with E-state index in [1.54, 1.807) is 0 Å². The Bertz CT molecular complexity index is 956. The lowest BCUT2D eigenvalue weighted by Gasteiger charge is -2.24. The molecule has 0 spiro atoms. The predicted octanol–water partition coefficient (Wildman–Crippen LogP) is 3.19. The van der Waals surface area contributed by atoms with Gasteiger partial charge in [-0.25, -0.2) is 9.18 Å². The number of amides is 2. The van der Waals surface area contributed by atoms with Crippen LogP contribution in [-0.4, -0.2) is 43.2 Å². The summed E-state index contributed by atoms with van der Waals surface area (Å²) in [6.45, 7) is 2.32. The van der Waals surface area contributed by atoms with Gasteiger partial charge in [0, 0.05) is 23.7 Å². The molecule has 0 saturated carbocycles. The van der Waals surface area contributed by atoms with Gasteiger partial charge in [-0.2, -0.15) is 0 Å². The van der Waals surface area contributed by atoms with Crippen molar-refractivity contribution in [3.05, 3.63) is 39.7 Å². The molecular formula is C22H23ClFNO6. The van der Waals surface area contributed by atoms with Crippen LogP contribution in [0, 0.1) is 5.82 Å². The topological polar surface area (TPSA) is 90.9 Å². The van der Waals surface area contributed by atoms with Crippen LogP contribution in [0.25, 0.3) is 0 Å². The van der Waals surface area contributed by atoms with E-state index in [2.05, 4.69) is 5.32 Å². The molecule has 3 atom stereocenters. The Morgan fingerprint density at radius 1 is 1.29 bits per heavy atom. The van der Waals surface area contributed by atoms with Crippen molar-refractivity contribution in [3.8, 4) is 5.75 Å². The van der Waals surface area contributed by atoms with Crippen molar-refractivity contribution >= 4 is 29.4 Å². The zero-order valence-corrected chi connectivity index (χ0v) is 17.8. The first-order valence-electron chi connectivity index (χ1n) is 10.4. The summed E-state index contributed by atoms with van der Waals surface area (Å²) < 4.78 is 31.1. The molecular weight excluding hydrogens is 429 g/mol. The highest BCUT2D eigenvalue weighted by Gasteiger charge is 2.39. The van der Waals surface area contributed by atoms with Crippen LogP contribution in [0.2, 0.25) is 5.02 Å². The van der Waals surface area contributed by atoms with Gasteiger partial charge in [0.2, 0.25) is 0 Å². The molecule has 31 heavy (non-hydrogen) atoms. The van der Waals surface area contributed by atoms with E-state index in [9.17, 15) is 18.8 Å². The van der Waals surface area contributed by atoms with Gasteiger partial charge >= 0.3 is 5.97 Å². The molecule has 2 amide bonds. The Balaban J connectivity index is 1.52. The van der Waals surface area contributed by atoms with Crippen LogP contribution >= 0.6 is 11.6 Å². The van der Waals surface area contributed by atoms with Crippen molar-refractivity contribution in [3.63, 3.8) is 0 Å². The van der Waals surface area contributed by atoms with Crippen molar-refractivity contribution < 1.29 is 33.0 Å².